The van der Waals surface area contributed by atoms with Gasteiger partial charge in [-0.2, -0.15) is 23.3 Å². The molecule has 0 fully saturated rings. The molecule has 5 nitrogen and oxygen atoms in total. The molecule has 2 aromatic carbocycles. The maximum Gasteiger partial charge on any atom is 0.418 e. The summed E-state index contributed by atoms with van der Waals surface area (Å²) < 4.78 is 39.5. The molecule has 8 heteroatoms. The van der Waals surface area contributed by atoms with Crippen molar-refractivity contribution in [1.82, 2.24) is 15.2 Å². The van der Waals surface area contributed by atoms with E-state index < -0.39 is 11.7 Å². The number of benzene rings is 2. The normalized spacial score (nSPS) is 11.3. The summed E-state index contributed by atoms with van der Waals surface area (Å²) in [4.78, 5) is 6.22. The van der Waals surface area contributed by atoms with Crippen LogP contribution < -0.4 is 10.2 Å². The van der Waals surface area contributed by atoms with E-state index in [0.717, 1.165) is 11.6 Å². The average molecular weight is 373 g/mol. The number of alkyl halides is 3. The molecule has 0 amide bonds. The van der Waals surface area contributed by atoms with E-state index >= 15 is 0 Å². The number of nitrogens with one attached hydrogen (secondary N) is 1. The Morgan fingerprint density at radius 3 is 2.41 bits per heavy atom. The first-order valence-electron chi connectivity index (χ1n) is 8.39. The molecule has 0 aliphatic carbocycles. The van der Waals surface area contributed by atoms with Crippen molar-refractivity contribution in [3.05, 3.63) is 71.9 Å². The number of hydrogen-bond acceptors (Lipinski definition) is 5. The number of halogens is 3. The zero-order valence-electron chi connectivity index (χ0n) is 14.6. The number of nitrogens with zero attached hydrogens (tertiary/aromatic N) is 4. The van der Waals surface area contributed by atoms with E-state index in [0.29, 0.717) is 19.0 Å². The lowest BCUT2D eigenvalue weighted by Gasteiger charge is -2.21. The molecule has 1 heterocycles. The number of anilines is 3. The van der Waals surface area contributed by atoms with E-state index in [9.17, 15) is 13.2 Å². The second-order valence-corrected chi connectivity index (χ2v) is 5.81. The maximum atomic E-state index is 13.2. The van der Waals surface area contributed by atoms with Gasteiger partial charge >= 0.3 is 6.18 Å². The van der Waals surface area contributed by atoms with Gasteiger partial charge in [-0.3, -0.25) is 0 Å². The zero-order chi connectivity index (χ0) is 19.3. The minimum Gasteiger partial charge on any atom is -0.338 e. The van der Waals surface area contributed by atoms with Crippen LogP contribution >= 0.6 is 0 Å². The number of aromatic nitrogens is 3. The number of rotatable bonds is 6. The van der Waals surface area contributed by atoms with Crippen molar-refractivity contribution in [3.63, 3.8) is 0 Å². The Bertz CT molecular complexity index is 884. The first-order valence-corrected chi connectivity index (χ1v) is 8.39. The second kappa shape index (κ2) is 8.03. The molecule has 140 valence electrons. The highest BCUT2D eigenvalue weighted by Crippen LogP contribution is 2.35. The van der Waals surface area contributed by atoms with Crippen LogP contribution in [0.1, 0.15) is 18.1 Å². The van der Waals surface area contributed by atoms with Gasteiger partial charge in [-0.1, -0.05) is 42.5 Å². The maximum absolute atomic E-state index is 13.2. The summed E-state index contributed by atoms with van der Waals surface area (Å²) in [5, 5.41) is 10.6. The van der Waals surface area contributed by atoms with Gasteiger partial charge in [0, 0.05) is 13.1 Å². The first-order chi connectivity index (χ1) is 13.0. The first kappa shape index (κ1) is 18.6. The van der Waals surface area contributed by atoms with Crippen LogP contribution in [0.25, 0.3) is 0 Å². The molecule has 0 aliphatic heterocycles. The summed E-state index contributed by atoms with van der Waals surface area (Å²) in [7, 11) is 0. The van der Waals surface area contributed by atoms with Gasteiger partial charge in [-0.05, 0) is 24.6 Å². The largest absolute Gasteiger partial charge is 0.418 e. The van der Waals surface area contributed by atoms with Crippen molar-refractivity contribution >= 4 is 17.5 Å². The summed E-state index contributed by atoms with van der Waals surface area (Å²) in [5.41, 5.74) is 0.230. The van der Waals surface area contributed by atoms with E-state index in [1.165, 1.54) is 24.4 Å². The standard InChI is InChI=1S/C19H18F3N5/c1-2-27(13-14-8-4-3-5-9-14)18-25-17(12-23-26-18)24-16-11-7-6-10-15(16)19(20,21)22/h3-12H,2,13H2,1H3,(H,24,25,26). The Morgan fingerprint density at radius 1 is 1.00 bits per heavy atom. The van der Waals surface area contributed by atoms with Crippen molar-refractivity contribution in [3.8, 4) is 0 Å². The molecule has 0 saturated heterocycles. The van der Waals surface area contributed by atoms with Crippen LogP contribution in [0.3, 0.4) is 0 Å². The fourth-order valence-electron chi connectivity index (χ4n) is 2.59. The van der Waals surface area contributed by atoms with Gasteiger partial charge in [0.1, 0.15) is 0 Å². The fourth-order valence-corrected chi connectivity index (χ4v) is 2.59. The van der Waals surface area contributed by atoms with Crippen LogP contribution in [0, 0.1) is 0 Å². The van der Waals surface area contributed by atoms with E-state index in [-0.39, 0.29) is 11.5 Å². The molecule has 1 N–H and O–H groups in total. The van der Waals surface area contributed by atoms with Gasteiger partial charge in [-0.25, -0.2) is 0 Å². The quantitative estimate of drug-likeness (QED) is 0.681. The van der Waals surface area contributed by atoms with E-state index in [2.05, 4.69) is 20.5 Å². The van der Waals surface area contributed by atoms with Gasteiger partial charge in [0.2, 0.25) is 5.95 Å². The monoisotopic (exact) mass is 373 g/mol. The molecule has 0 radical (unpaired) electrons. The fraction of sp³-hybridized carbons (Fsp3) is 0.211. The van der Waals surface area contributed by atoms with Crippen molar-refractivity contribution in [2.45, 2.75) is 19.6 Å². The molecule has 0 spiro atoms. The Morgan fingerprint density at radius 2 is 1.70 bits per heavy atom. The number of hydrogen-bond donors (Lipinski definition) is 1. The van der Waals surface area contributed by atoms with E-state index in [1.807, 2.05) is 42.2 Å². The Kier molecular flexibility index (Phi) is 5.54. The molecule has 0 unspecified atom stereocenters. The third-order valence-corrected chi connectivity index (χ3v) is 3.92. The van der Waals surface area contributed by atoms with Crippen molar-refractivity contribution < 1.29 is 13.2 Å². The Labute approximate surface area is 154 Å². The highest BCUT2D eigenvalue weighted by molar-refractivity contribution is 5.61. The second-order valence-electron chi connectivity index (χ2n) is 5.81. The highest BCUT2D eigenvalue weighted by atomic mass is 19.4. The van der Waals surface area contributed by atoms with Crippen LogP contribution in [0.2, 0.25) is 0 Å². The van der Waals surface area contributed by atoms with E-state index in [4.69, 9.17) is 0 Å². The average Bonchev–Trinajstić information content (AvgIpc) is 2.67. The Hall–Kier alpha value is -3.16. The molecule has 0 aliphatic rings. The molecule has 0 bridgehead atoms. The van der Waals surface area contributed by atoms with Crippen LogP contribution in [-0.4, -0.2) is 21.7 Å². The van der Waals surface area contributed by atoms with Crippen molar-refractivity contribution in [2.75, 3.05) is 16.8 Å². The summed E-state index contributed by atoms with van der Waals surface area (Å²) in [6.45, 7) is 3.14. The highest BCUT2D eigenvalue weighted by Gasteiger charge is 2.33. The number of para-hydroxylation sites is 1. The van der Waals surface area contributed by atoms with Crippen LogP contribution in [0.15, 0.2) is 60.8 Å². The predicted molar refractivity (Wildman–Crippen MR) is 97.7 cm³/mol. The lowest BCUT2D eigenvalue weighted by Crippen LogP contribution is -2.24. The van der Waals surface area contributed by atoms with Gasteiger partial charge < -0.3 is 10.2 Å². The third-order valence-electron chi connectivity index (χ3n) is 3.92. The van der Waals surface area contributed by atoms with Gasteiger partial charge in [-0.15, -0.1) is 5.10 Å². The SMILES string of the molecule is CCN(Cc1ccccc1)c1nncc(Nc2ccccc2C(F)(F)F)n1. The molecule has 0 saturated carbocycles. The topological polar surface area (TPSA) is 53.9 Å². The molecule has 27 heavy (non-hydrogen) atoms. The molecular weight excluding hydrogens is 355 g/mol. The molecule has 0 atom stereocenters. The van der Waals surface area contributed by atoms with Crippen LogP contribution in [0.4, 0.5) is 30.6 Å². The molecule has 1 aromatic heterocycles. The summed E-state index contributed by atoms with van der Waals surface area (Å²) in [5.74, 6) is 0.541. The zero-order valence-corrected chi connectivity index (χ0v) is 14.6. The molecule has 3 aromatic rings. The van der Waals surface area contributed by atoms with Crippen molar-refractivity contribution in [2.24, 2.45) is 0 Å². The van der Waals surface area contributed by atoms with Crippen LogP contribution in [-0.2, 0) is 12.7 Å². The van der Waals surface area contributed by atoms with Crippen molar-refractivity contribution in [1.29, 1.82) is 0 Å². The predicted octanol–water partition coefficient (Wildman–Crippen LogP) is 4.66. The lowest BCUT2D eigenvalue weighted by molar-refractivity contribution is -0.136. The lowest BCUT2D eigenvalue weighted by atomic mass is 10.1. The minimum atomic E-state index is -4.46. The summed E-state index contributed by atoms with van der Waals surface area (Å²) in [6.07, 6.45) is -3.16. The minimum absolute atomic E-state index is 0.0810. The smallest absolute Gasteiger partial charge is 0.338 e. The van der Waals surface area contributed by atoms with Crippen LogP contribution in [0.5, 0.6) is 0 Å². The molecule has 3 rings (SSSR count). The van der Waals surface area contributed by atoms with Gasteiger partial charge in [0.05, 0.1) is 17.4 Å². The third kappa shape index (κ3) is 4.72. The van der Waals surface area contributed by atoms with E-state index in [1.54, 1.807) is 0 Å². The summed E-state index contributed by atoms with van der Waals surface area (Å²) >= 11 is 0. The van der Waals surface area contributed by atoms with Gasteiger partial charge in [0.25, 0.3) is 0 Å². The summed E-state index contributed by atoms with van der Waals surface area (Å²) in [6, 6.07) is 15.0. The Balaban J connectivity index is 1.84. The van der Waals surface area contributed by atoms with Gasteiger partial charge in [0.15, 0.2) is 5.82 Å². The molecular formula is C19H18F3N5.